The van der Waals surface area contributed by atoms with E-state index in [2.05, 4.69) is 0 Å². The van der Waals surface area contributed by atoms with Crippen molar-refractivity contribution in [1.29, 1.82) is 0 Å². The maximum atomic E-state index is 13.0. The van der Waals surface area contributed by atoms with Crippen LogP contribution in [0.3, 0.4) is 0 Å². The van der Waals surface area contributed by atoms with Gasteiger partial charge >= 0.3 is 0 Å². The maximum Gasteiger partial charge on any atom is 0.263 e. The number of halogens is 1. The van der Waals surface area contributed by atoms with Gasteiger partial charge < -0.3 is 4.90 Å². The van der Waals surface area contributed by atoms with Gasteiger partial charge in [0.1, 0.15) is 5.82 Å². The normalized spacial score (nSPS) is 10.8. The summed E-state index contributed by atoms with van der Waals surface area (Å²) in [7, 11) is 0. The van der Waals surface area contributed by atoms with Gasteiger partial charge in [-0.3, -0.25) is 4.79 Å². The molecule has 1 amide bonds. The fourth-order valence-electron chi connectivity index (χ4n) is 1.79. The molecule has 4 heteroatoms. The fourth-order valence-corrected chi connectivity index (χ4v) is 2.80. The van der Waals surface area contributed by atoms with Gasteiger partial charge in [0, 0.05) is 17.8 Å². The van der Waals surface area contributed by atoms with Crippen LogP contribution < -0.4 is 0 Å². The number of amides is 1. The molecule has 0 spiro atoms. The zero-order valence-electron chi connectivity index (χ0n) is 9.87. The summed E-state index contributed by atoms with van der Waals surface area (Å²) in [4.78, 5) is 14.5. The Morgan fingerprint density at radius 2 is 2.00 bits per heavy atom. The van der Waals surface area contributed by atoms with Crippen LogP contribution in [-0.2, 0) is 0 Å². The zero-order valence-corrected chi connectivity index (χ0v) is 10.7. The number of hydrogen-bond donors (Lipinski definition) is 0. The third-order valence-corrected chi connectivity index (χ3v) is 3.84. The van der Waals surface area contributed by atoms with Crippen LogP contribution in [-0.4, -0.2) is 23.9 Å². The molecule has 0 atom stereocenters. The van der Waals surface area contributed by atoms with Gasteiger partial charge in [0.25, 0.3) is 5.91 Å². The predicted octanol–water partition coefficient (Wildman–Crippen LogP) is 3.52. The second-order valence-electron chi connectivity index (χ2n) is 3.77. The monoisotopic (exact) mass is 251 g/mol. The van der Waals surface area contributed by atoms with E-state index in [4.69, 9.17) is 0 Å². The molecule has 0 aliphatic rings. The Bertz CT molecular complexity index is 545. The predicted molar refractivity (Wildman–Crippen MR) is 69.0 cm³/mol. The van der Waals surface area contributed by atoms with E-state index in [1.807, 2.05) is 13.8 Å². The second kappa shape index (κ2) is 4.84. The molecule has 0 fully saturated rings. The molecule has 1 aromatic heterocycles. The summed E-state index contributed by atoms with van der Waals surface area (Å²) >= 11 is 1.42. The molecule has 1 heterocycles. The van der Waals surface area contributed by atoms with Crippen LogP contribution in [0.25, 0.3) is 10.1 Å². The smallest absolute Gasteiger partial charge is 0.263 e. The maximum absolute atomic E-state index is 13.0. The molecule has 0 bridgehead atoms. The lowest BCUT2D eigenvalue weighted by molar-refractivity contribution is 0.0778. The van der Waals surface area contributed by atoms with Crippen molar-refractivity contribution in [3.63, 3.8) is 0 Å². The van der Waals surface area contributed by atoms with Crippen molar-refractivity contribution in [1.82, 2.24) is 4.90 Å². The molecule has 0 unspecified atom stereocenters. The quantitative estimate of drug-likeness (QED) is 0.817. The second-order valence-corrected chi connectivity index (χ2v) is 4.85. The number of benzene rings is 1. The molecule has 0 radical (unpaired) electrons. The van der Waals surface area contributed by atoms with E-state index < -0.39 is 0 Å². The summed E-state index contributed by atoms with van der Waals surface area (Å²) < 4.78 is 14.0. The molecule has 90 valence electrons. The first-order valence-electron chi connectivity index (χ1n) is 5.64. The zero-order chi connectivity index (χ0) is 12.4. The number of rotatable bonds is 3. The lowest BCUT2D eigenvalue weighted by Crippen LogP contribution is -2.29. The van der Waals surface area contributed by atoms with Gasteiger partial charge in [0.05, 0.1) is 4.88 Å². The third-order valence-electron chi connectivity index (χ3n) is 2.74. The van der Waals surface area contributed by atoms with Crippen LogP contribution in [0.5, 0.6) is 0 Å². The molecule has 0 aliphatic heterocycles. The van der Waals surface area contributed by atoms with Crippen LogP contribution in [0, 0.1) is 5.82 Å². The van der Waals surface area contributed by atoms with Crippen molar-refractivity contribution >= 4 is 27.3 Å². The highest BCUT2D eigenvalue weighted by Gasteiger charge is 2.15. The summed E-state index contributed by atoms with van der Waals surface area (Å²) in [6.07, 6.45) is 0. The molecule has 0 N–H and O–H groups in total. The summed E-state index contributed by atoms with van der Waals surface area (Å²) in [5.74, 6) is -0.242. The molecular weight excluding hydrogens is 237 g/mol. The molecule has 2 aromatic rings. The van der Waals surface area contributed by atoms with E-state index in [0.29, 0.717) is 18.0 Å². The summed E-state index contributed by atoms with van der Waals surface area (Å²) in [6, 6.07) is 6.37. The fraction of sp³-hybridized carbons (Fsp3) is 0.308. The number of thiophene rings is 1. The molecule has 0 aliphatic carbocycles. The molecule has 17 heavy (non-hydrogen) atoms. The Morgan fingerprint density at radius 3 is 2.65 bits per heavy atom. The van der Waals surface area contributed by atoms with Crippen LogP contribution in [0.15, 0.2) is 24.3 Å². The first-order chi connectivity index (χ1) is 8.15. The Morgan fingerprint density at radius 1 is 1.29 bits per heavy atom. The Labute approximate surface area is 104 Å². The highest BCUT2D eigenvalue weighted by Crippen LogP contribution is 2.27. The van der Waals surface area contributed by atoms with Crippen molar-refractivity contribution in [2.24, 2.45) is 0 Å². The number of hydrogen-bond acceptors (Lipinski definition) is 2. The van der Waals surface area contributed by atoms with Crippen LogP contribution in [0.2, 0.25) is 0 Å². The summed E-state index contributed by atoms with van der Waals surface area (Å²) in [5.41, 5.74) is 0. The topological polar surface area (TPSA) is 20.3 Å². The van der Waals surface area contributed by atoms with Gasteiger partial charge in [-0.1, -0.05) is 0 Å². The molecule has 2 rings (SSSR count). The largest absolute Gasteiger partial charge is 0.339 e. The molecular formula is C13H14FNOS. The lowest BCUT2D eigenvalue weighted by atomic mass is 10.2. The molecule has 0 saturated heterocycles. The average Bonchev–Trinajstić information content (AvgIpc) is 2.73. The lowest BCUT2D eigenvalue weighted by Gasteiger charge is -2.17. The van der Waals surface area contributed by atoms with Crippen molar-refractivity contribution < 1.29 is 9.18 Å². The van der Waals surface area contributed by atoms with Gasteiger partial charge in [-0.15, -0.1) is 11.3 Å². The first-order valence-corrected chi connectivity index (χ1v) is 6.45. The summed E-state index contributed by atoms with van der Waals surface area (Å²) in [6.45, 7) is 5.29. The Kier molecular flexibility index (Phi) is 3.43. The van der Waals surface area contributed by atoms with E-state index in [0.717, 1.165) is 10.1 Å². The van der Waals surface area contributed by atoms with Crippen LogP contribution in [0.1, 0.15) is 23.5 Å². The van der Waals surface area contributed by atoms with Crippen molar-refractivity contribution in [2.45, 2.75) is 13.8 Å². The number of fused-ring (bicyclic) bond motifs is 1. The standard InChI is InChI=1S/C13H14FNOS/c1-3-15(4-2)13(16)12-8-9-7-10(14)5-6-11(9)17-12/h5-8H,3-4H2,1-2H3. The minimum atomic E-state index is -0.267. The van der Waals surface area contributed by atoms with Crippen LogP contribution >= 0.6 is 11.3 Å². The number of carbonyl (C=O) groups excluding carboxylic acids is 1. The van der Waals surface area contributed by atoms with Crippen LogP contribution in [0.4, 0.5) is 4.39 Å². The van der Waals surface area contributed by atoms with Crippen molar-refractivity contribution in [3.8, 4) is 0 Å². The SMILES string of the molecule is CCN(CC)C(=O)c1cc2cc(F)ccc2s1. The molecule has 2 nitrogen and oxygen atoms in total. The highest BCUT2D eigenvalue weighted by atomic mass is 32.1. The number of carbonyl (C=O) groups is 1. The summed E-state index contributed by atoms with van der Waals surface area (Å²) in [5, 5.41) is 0.797. The minimum Gasteiger partial charge on any atom is -0.339 e. The van der Waals surface area contributed by atoms with Gasteiger partial charge in [0.2, 0.25) is 0 Å². The molecule has 0 saturated carbocycles. The average molecular weight is 251 g/mol. The van der Waals surface area contributed by atoms with Gasteiger partial charge in [0.15, 0.2) is 0 Å². The first kappa shape index (κ1) is 12.0. The van der Waals surface area contributed by atoms with Crippen molar-refractivity contribution in [3.05, 3.63) is 35.0 Å². The van der Waals surface area contributed by atoms with E-state index in [9.17, 15) is 9.18 Å². The third kappa shape index (κ3) is 2.31. The Balaban J connectivity index is 2.39. The van der Waals surface area contributed by atoms with Crippen molar-refractivity contribution in [2.75, 3.05) is 13.1 Å². The highest BCUT2D eigenvalue weighted by molar-refractivity contribution is 7.20. The van der Waals surface area contributed by atoms with Gasteiger partial charge in [-0.25, -0.2) is 4.39 Å². The minimum absolute atomic E-state index is 0.0246. The van der Waals surface area contributed by atoms with E-state index in [1.165, 1.54) is 23.5 Å². The molecule has 1 aromatic carbocycles. The van der Waals surface area contributed by atoms with Gasteiger partial charge in [-0.2, -0.15) is 0 Å². The Hall–Kier alpha value is -1.42. The van der Waals surface area contributed by atoms with E-state index in [1.54, 1.807) is 17.0 Å². The van der Waals surface area contributed by atoms with E-state index >= 15 is 0 Å². The van der Waals surface area contributed by atoms with Gasteiger partial charge in [-0.05, 0) is 43.5 Å². The van der Waals surface area contributed by atoms with E-state index in [-0.39, 0.29) is 11.7 Å². The number of nitrogens with zero attached hydrogens (tertiary/aromatic N) is 1.